The third kappa shape index (κ3) is 1.86. The molecular formula is C8H16N2OS. The van der Waals surface area contributed by atoms with Crippen LogP contribution >= 0.6 is 11.8 Å². The molecule has 1 fully saturated rings. The van der Waals surface area contributed by atoms with Gasteiger partial charge in [0.15, 0.2) is 0 Å². The third-order valence-corrected chi connectivity index (χ3v) is 3.31. The summed E-state index contributed by atoms with van der Waals surface area (Å²) in [5.41, 5.74) is 0. The Labute approximate surface area is 77.9 Å². The molecule has 0 aromatic rings. The number of nitrogens with one attached hydrogen (secondary N) is 1. The summed E-state index contributed by atoms with van der Waals surface area (Å²) in [6.45, 7) is 7.67. The van der Waals surface area contributed by atoms with Crippen molar-refractivity contribution in [2.75, 3.05) is 18.8 Å². The molecule has 0 bridgehead atoms. The predicted octanol–water partition coefficient (Wildman–Crippen LogP) is 1.50. The maximum absolute atomic E-state index is 11.5. The number of rotatable bonds is 1. The molecule has 4 heteroatoms. The van der Waals surface area contributed by atoms with E-state index in [1.165, 1.54) is 0 Å². The fourth-order valence-electron chi connectivity index (χ4n) is 1.33. The average Bonchev–Trinajstić information content (AvgIpc) is 2.30. The van der Waals surface area contributed by atoms with Crippen molar-refractivity contribution >= 4 is 17.8 Å². The fraction of sp³-hybridized carbons (Fsp3) is 0.875. The van der Waals surface area contributed by atoms with Crippen LogP contribution in [0.2, 0.25) is 0 Å². The second kappa shape index (κ2) is 3.56. The molecule has 1 aliphatic rings. The van der Waals surface area contributed by atoms with Gasteiger partial charge in [-0.25, -0.2) is 4.79 Å². The van der Waals surface area contributed by atoms with Crippen molar-refractivity contribution in [2.24, 2.45) is 0 Å². The topological polar surface area (TPSA) is 32.3 Å². The zero-order valence-corrected chi connectivity index (χ0v) is 8.70. The van der Waals surface area contributed by atoms with Gasteiger partial charge in [0.1, 0.15) is 0 Å². The number of carbonyl (C=O) groups excluding carboxylic acids is 1. The van der Waals surface area contributed by atoms with Crippen molar-refractivity contribution in [1.82, 2.24) is 10.2 Å². The maximum atomic E-state index is 11.5. The monoisotopic (exact) mass is 188 g/mol. The lowest BCUT2D eigenvalue weighted by Crippen LogP contribution is -2.46. The molecule has 0 saturated carbocycles. The molecular weight excluding hydrogens is 172 g/mol. The first-order valence-electron chi connectivity index (χ1n) is 4.27. The molecule has 1 aliphatic heterocycles. The Kier molecular flexibility index (Phi) is 2.88. The van der Waals surface area contributed by atoms with Crippen LogP contribution in [0, 0.1) is 0 Å². The van der Waals surface area contributed by atoms with E-state index >= 15 is 0 Å². The largest absolute Gasteiger partial charge is 0.338 e. The third-order valence-electron chi connectivity index (χ3n) is 1.99. The quantitative estimate of drug-likeness (QED) is 0.676. The summed E-state index contributed by atoms with van der Waals surface area (Å²) in [4.78, 5) is 13.3. The van der Waals surface area contributed by atoms with E-state index in [1.807, 2.05) is 23.6 Å². The minimum absolute atomic E-state index is 0.0285. The summed E-state index contributed by atoms with van der Waals surface area (Å²) >= 11 is 1.83. The second-order valence-corrected chi connectivity index (χ2v) is 4.98. The average molecular weight is 188 g/mol. The van der Waals surface area contributed by atoms with E-state index in [0.29, 0.717) is 6.54 Å². The van der Waals surface area contributed by atoms with Crippen molar-refractivity contribution in [2.45, 2.75) is 25.6 Å². The Balaban J connectivity index is 2.56. The Morgan fingerprint density at radius 1 is 1.67 bits per heavy atom. The van der Waals surface area contributed by atoms with E-state index in [1.54, 1.807) is 0 Å². The van der Waals surface area contributed by atoms with Crippen molar-refractivity contribution in [3.8, 4) is 0 Å². The van der Waals surface area contributed by atoms with E-state index in [9.17, 15) is 4.79 Å². The van der Waals surface area contributed by atoms with Gasteiger partial charge in [-0.05, 0) is 20.8 Å². The molecule has 0 aliphatic carbocycles. The molecule has 1 heterocycles. The molecule has 3 nitrogen and oxygen atoms in total. The van der Waals surface area contributed by atoms with Gasteiger partial charge in [0.2, 0.25) is 0 Å². The number of amides is 2. The van der Waals surface area contributed by atoms with E-state index < -0.39 is 0 Å². The van der Waals surface area contributed by atoms with Crippen LogP contribution in [0.25, 0.3) is 0 Å². The van der Waals surface area contributed by atoms with Crippen LogP contribution in [0.5, 0.6) is 0 Å². The summed E-state index contributed by atoms with van der Waals surface area (Å²) in [6.07, 6.45) is 0. The van der Waals surface area contributed by atoms with E-state index in [2.05, 4.69) is 19.2 Å². The zero-order chi connectivity index (χ0) is 9.19. The van der Waals surface area contributed by atoms with E-state index in [0.717, 1.165) is 12.3 Å². The van der Waals surface area contributed by atoms with Crippen LogP contribution in [0.4, 0.5) is 4.79 Å². The van der Waals surface area contributed by atoms with Gasteiger partial charge in [-0.2, -0.15) is 0 Å². The van der Waals surface area contributed by atoms with Gasteiger partial charge in [-0.15, -0.1) is 11.8 Å². The van der Waals surface area contributed by atoms with Gasteiger partial charge in [0.25, 0.3) is 0 Å². The molecule has 2 amide bonds. The summed E-state index contributed by atoms with van der Waals surface area (Å²) in [7, 11) is 0. The molecule has 0 radical (unpaired) electrons. The highest BCUT2D eigenvalue weighted by atomic mass is 32.2. The number of thioether (sulfide) groups is 1. The van der Waals surface area contributed by atoms with Gasteiger partial charge in [-0.1, -0.05) is 0 Å². The zero-order valence-electron chi connectivity index (χ0n) is 7.89. The van der Waals surface area contributed by atoms with Crippen molar-refractivity contribution in [1.29, 1.82) is 0 Å². The molecule has 70 valence electrons. The first-order valence-corrected chi connectivity index (χ1v) is 5.26. The highest BCUT2D eigenvalue weighted by Gasteiger charge is 2.35. The van der Waals surface area contributed by atoms with Crippen molar-refractivity contribution in [3.05, 3.63) is 0 Å². The standard InChI is InChI=1S/C8H16N2OS/c1-4-9-7(11)10-5-6-12-8(10,2)3/h4-6H2,1-3H3,(H,9,11). The van der Waals surface area contributed by atoms with Crippen LogP contribution < -0.4 is 5.32 Å². The lowest BCUT2D eigenvalue weighted by Gasteiger charge is -2.30. The predicted molar refractivity (Wildman–Crippen MR) is 52.3 cm³/mol. The normalized spacial score (nSPS) is 21.1. The van der Waals surface area contributed by atoms with Gasteiger partial charge in [-0.3, -0.25) is 0 Å². The smallest absolute Gasteiger partial charge is 0.318 e. The van der Waals surface area contributed by atoms with Crippen molar-refractivity contribution < 1.29 is 4.79 Å². The molecule has 0 unspecified atom stereocenters. The highest BCUT2D eigenvalue weighted by Crippen LogP contribution is 2.34. The van der Waals surface area contributed by atoms with Gasteiger partial charge >= 0.3 is 6.03 Å². The molecule has 1 saturated heterocycles. The Hall–Kier alpha value is -0.380. The summed E-state index contributed by atoms with van der Waals surface area (Å²) < 4.78 is 0. The van der Waals surface area contributed by atoms with Crippen LogP contribution in [-0.2, 0) is 0 Å². The van der Waals surface area contributed by atoms with Gasteiger partial charge in [0.05, 0.1) is 4.87 Å². The summed E-state index contributed by atoms with van der Waals surface area (Å²) in [5, 5.41) is 2.82. The number of carbonyl (C=O) groups is 1. The first-order chi connectivity index (χ1) is 5.58. The summed E-state index contributed by atoms with van der Waals surface area (Å²) in [6, 6.07) is 0.0625. The molecule has 0 aromatic heterocycles. The molecule has 0 atom stereocenters. The Morgan fingerprint density at radius 2 is 2.33 bits per heavy atom. The molecule has 12 heavy (non-hydrogen) atoms. The lowest BCUT2D eigenvalue weighted by molar-refractivity contribution is 0.184. The lowest BCUT2D eigenvalue weighted by atomic mass is 10.3. The Morgan fingerprint density at radius 3 is 2.75 bits per heavy atom. The fourth-order valence-corrected chi connectivity index (χ4v) is 2.43. The highest BCUT2D eigenvalue weighted by molar-refractivity contribution is 8.00. The molecule has 1 N–H and O–H groups in total. The molecule has 0 spiro atoms. The number of urea groups is 1. The van der Waals surface area contributed by atoms with Gasteiger partial charge < -0.3 is 10.2 Å². The van der Waals surface area contributed by atoms with Crippen LogP contribution in [0.3, 0.4) is 0 Å². The molecule has 0 aromatic carbocycles. The minimum atomic E-state index is -0.0285. The van der Waals surface area contributed by atoms with Crippen LogP contribution in [0.1, 0.15) is 20.8 Å². The molecule has 1 rings (SSSR count). The van der Waals surface area contributed by atoms with E-state index in [-0.39, 0.29) is 10.9 Å². The second-order valence-electron chi connectivity index (χ2n) is 3.28. The Bertz CT molecular complexity index is 182. The SMILES string of the molecule is CCNC(=O)N1CCSC1(C)C. The maximum Gasteiger partial charge on any atom is 0.318 e. The van der Waals surface area contributed by atoms with E-state index in [4.69, 9.17) is 0 Å². The number of nitrogens with zero attached hydrogens (tertiary/aromatic N) is 1. The van der Waals surface area contributed by atoms with Crippen molar-refractivity contribution in [3.63, 3.8) is 0 Å². The number of hydrogen-bond acceptors (Lipinski definition) is 2. The summed E-state index contributed by atoms with van der Waals surface area (Å²) in [5.74, 6) is 1.05. The van der Waals surface area contributed by atoms with Crippen LogP contribution in [-0.4, -0.2) is 34.6 Å². The first kappa shape index (κ1) is 9.71. The number of hydrogen-bond donors (Lipinski definition) is 1. The van der Waals surface area contributed by atoms with Gasteiger partial charge in [0, 0.05) is 18.8 Å². The van der Waals surface area contributed by atoms with Crippen LogP contribution in [0.15, 0.2) is 0 Å². The minimum Gasteiger partial charge on any atom is -0.338 e.